The van der Waals surface area contributed by atoms with Gasteiger partial charge >= 0.3 is 0 Å². The van der Waals surface area contributed by atoms with E-state index in [2.05, 4.69) is 260 Å². The van der Waals surface area contributed by atoms with E-state index in [1.54, 1.807) is 0 Å². The standard InChI is InChI=1S/C66H57NO/c1-63(2,3)46-39-53-61-59(68-62(53)58(40-46)64(4,5)6)37-36-56-60(61)52-35-34-49(41-57(52)65(56,7)8)67(47-32-30-43(31-33-47)42-20-11-9-12-21-42)48-25-19-24-45(38-48)66(44-22-13-10-14-23-44)54-28-17-15-26-50(54)51-27-16-18-29-55(51)66/h9-41H,1-8H3. The molecule has 0 N–H and O–H groups in total. The maximum absolute atomic E-state index is 6.93. The molecular formula is C66H57NO. The molecule has 0 radical (unpaired) electrons. The van der Waals surface area contributed by atoms with Crippen LogP contribution in [-0.4, -0.2) is 0 Å². The molecule has 0 fully saturated rings. The van der Waals surface area contributed by atoms with E-state index in [0.717, 1.165) is 28.2 Å². The largest absolute Gasteiger partial charge is 0.456 e. The zero-order valence-corrected chi connectivity index (χ0v) is 40.4. The van der Waals surface area contributed by atoms with Crippen LogP contribution in [0.3, 0.4) is 0 Å². The van der Waals surface area contributed by atoms with E-state index < -0.39 is 5.41 Å². The van der Waals surface area contributed by atoms with Gasteiger partial charge in [-0.1, -0.05) is 207 Å². The van der Waals surface area contributed by atoms with Crippen molar-refractivity contribution in [1.82, 2.24) is 0 Å². The van der Waals surface area contributed by atoms with E-state index in [9.17, 15) is 0 Å². The zero-order valence-electron chi connectivity index (χ0n) is 40.4. The van der Waals surface area contributed by atoms with Crippen LogP contribution < -0.4 is 4.90 Å². The van der Waals surface area contributed by atoms with E-state index in [-0.39, 0.29) is 16.2 Å². The summed E-state index contributed by atoms with van der Waals surface area (Å²) in [6.07, 6.45) is 0. The van der Waals surface area contributed by atoms with Gasteiger partial charge in [-0.15, -0.1) is 0 Å². The van der Waals surface area contributed by atoms with Gasteiger partial charge in [0.25, 0.3) is 0 Å². The molecule has 10 aromatic rings. The smallest absolute Gasteiger partial charge is 0.139 e. The number of hydrogen-bond acceptors (Lipinski definition) is 2. The minimum Gasteiger partial charge on any atom is -0.456 e. The average molecular weight is 880 g/mol. The monoisotopic (exact) mass is 879 g/mol. The highest BCUT2D eigenvalue weighted by Crippen LogP contribution is 2.58. The molecule has 0 amide bonds. The van der Waals surface area contributed by atoms with Gasteiger partial charge in [-0.25, -0.2) is 0 Å². The van der Waals surface area contributed by atoms with Crippen molar-refractivity contribution in [2.75, 3.05) is 4.90 Å². The molecule has 2 nitrogen and oxygen atoms in total. The Bertz CT molecular complexity index is 3550. The molecular weight excluding hydrogens is 823 g/mol. The molecule has 1 aromatic heterocycles. The molecule has 2 aliphatic carbocycles. The maximum atomic E-state index is 6.93. The van der Waals surface area contributed by atoms with Crippen molar-refractivity contribution in [3.8, 4) is 33.4 Å². The van der Waals surface area contributed by atoms with Crippen LogP contribution >= 0.6 is 0 Å². The Kier molecular flexibility index (Phi) is 9.29. The number of benzene rings is 9. The van der Waals surface area contributed by atoms with Crippen molar-refractivity contribution in [2.45, 2.75) is 77.0 Å². The minimum absolute atomic E-state index is 0.0207. The van der Waals surface area contributed by atoms with E-state index in [1.165, 1.54) is 88.7 Å². The quantitative estimate of drug-likeness (QED) is 0.165. The van der Waals surface area contributed by atoms with Crippen molar-refractivity contribution < 1.29 is 4.42 Å². The van der Waals surface area contributed by atoms with Gasteiger partial charge in [0.15, 0.2) is 0 Å². The molecule has 332 valence electrons. The number of fused-ring (bicyclic) bond motifs is 10. The lowest BCUT2D eigenvalue weighted by Crippen LogP contribution is -2.28. The van der Waals surface area contributed by atoms with Gasteiger partial charge in [0, 0.05) is 38.8 Å². The summed E-state index contributed by atoms with van der Waals surface area (Å²) in [6, 6.07) is 74.8. The van der Waals surface area contributed by atoms with Crippen molar-refractivity contribution >= 4 is 39.0 Å². The molecule has 0 unspecified atom stereocenters. The molecule has 0 saturated heterocycles. The first-order valence-corrected chi connectivity index (χ1v) is 24.3. The Morgan fingerprint density at radius 2 is 1.01 bits per heavy atom. The van der Waals surface area contributed by atoms with Crippen molar-refractivity contribution in [2.24, 2.45) is 0 Å². The Balaban J connectivity index is 1.08. The first-order chi connectivity index (χ1) is 32.7. The van der Waals surface area contributed by atoms with E-state index in [0.29, 0.717) is 0 Å². The van der Waals surface area contributed by atoms with Crippen LogP contribution in [0.2, 0.25) is 0 Å². The summed E-state index contributed by atoms with van der Waals surface area (Å²) < 4.78 is 6.93. The van der Waals surface area contributed by atoms with Crippen LogP contribution in [0.15, 0.2) is 205 Å². The summed E-state index contributed by atoms with van der Waals surface area (Å²) in [7, 11) is 0. The first kappa shape index (κ1) is 42.0. The fourth-order valence-corrected chi connectivity index (χ4v) is 11.8. The first-order valence-electron chi connectivity index (χ1n) is 24.3. The second kappa shape index (κ2) is 15.0. The highest BCUT2D eigenvalue weighted by Gasteiger charge is 2.46. The molecule has 12 rings (SSSR count). The van der Waals surface area contributed by atoms with Gasteiger partial charge in [0.2, 0.25) is 0 Å². The lowest BCUT2D eigenvalue weighted by Gasteiger charge is -2.35. The summed E-state index contributed by atoms with van der Waals surface area (Å²) in [6.45, 7) is 18.6. The van der Waals surface area contributed by atoms with Crippen LogP contribution in [0.1, 0.15) is 99.9 Å². The van der Waals surface area contributed by atoms with Crippen molar-refractivity contribution in [3.05, 3.63) is 245 Å². The Morgan fingerprint density at radius 3 is 1.68 bits per heavy atom. The number of furan rings is 1. The third-order valence-corrected chi connectivity index (χ3v) is 15.2. The molecule has 0 atom stereocenters. The third-order valence-electron chi connectivity index (χ3n) is 15.2. The fraction of sp³-hybridized carbons (Fsp3) is 0.182. The molecule has 2 heteroatoms. The summed E-state index contributed by atoms with van der Waals surface area (Å²) >= 11 is 0. The molecule has 2 aliphatic rings. The SMILES string of the molecule is CC(C)(C)c1cc(C(C)(C)C)c2oc3ccc4c(c3c2c1)-c1ccc(N(c2ccc(-c3ccccc3)cc2)c2cccc(C3(c5ccccc5)c5ccccc5-c5ccccc53)c2)cc1C4(C)C. The zero-order chi connectivity index (χ0) is 46.7. The number of hydrogen-bond donors (Lipinski definition) is 0. The Morgan fingerprint density at radius 1 is 0.426 bits per heavy atom. The van der Waals surface area contributed by atoms with Crippen LogP contribution in [0, 0.1) is 0 Å². The van der Waals surface area contributed by atoms with Gasteiger partial charge < -0.3 is 9.32 Å². The third kappa shape index (κ3) is 6.23. The number of rotatable bonds is 6. The van der Waals surface area contributed by atoms with E-state index >= 15 is 0 Å². The normalized spacial score (nSPS) is 14.4. The van der Waals surface area contributed by atoms with Crippen LogP contribution in [0.5, 0.6) is 0 Å². The lowest BCUT2D eigenvalue weighted by atomic mass is 9.67. The topological polar surface area (TPSA) is 16.4 Å². The van der Waals surface area contributed by atoms with Gasteiger partial charge in [-0.3, -0.25) is 0 Å². The van der Waals surface area contributed by atoms with E-state index in [1.807, 2.05) is 0 Å². The summed E-state index contributed by atoms with van der Waals surface area (Å²) in [5.41, 5.74) is 22.3. The predicted molar refractivity (Wildman–Crippen MR) is 286 cm³/mol. The maximum Gasteiger partial charge on any atom is 0.139 e. The van der Waals surface area contributed by atoms with Crippen molar-refractivity contribution in [1.29, 1.82) is 0 Å². The lowest BCUT2D eigenvalue weighted by molar-refractivity contribution is 0.559. The molecule has 9 aromatic carbocycles. The summed E-state index contributed by atoms with van der Waals surface area (Å²) in [5, 5.41) is 2.43. The van der Waals surface area contributed by atoms with Gasteiger partial charge in [-0.05, 0) is 132 Å². The summed E-state index contributed by atoms with van der Waals surface area (Å²) in [5.74, 6) is 0. The minimum atomic E-state index is -0.521. The van der Waals surface area contributed by atoms with Gasteiger partial charge in [-0.2, -0.15) is 0 Å². The average Bonchev–Trinajstić information content (AvgIpc) is 3.95. The second-order valence-corrected chi connectivity index (χ2v) is 21.7. The number of anilines is 3. The summed E-state index contributed by atoms with van der Waals surface area (Å²) in [4.78, 5) is 2.47. The van der Waals surface area contributed by atoms with Gasteiger partial charge in [0.05, 0.1) is 5.41 Å². The van der Waals surface area contributed by atoms with E-state index in [4.69, 9.17) is 4.42 Å². The van der Waals surface area contributed by atoms with Gasteiger partial charge in [0.1, 0.15) is 11.2 Å². The van der Waals surface area contributed by atoms with Crippen LogP contribution in [0.4, 0.5) is 17.1 Å². The molecule has 0 spiro atoms. The van der Waals surface area contributed by atoms with Crippen LogP contribution in [0.25, 0.3) is 55.3 Å². The molecule has 0 bridgehead atoms. The highest BCUT2D eigenvalue weighted by molar-refractivity contribution is 6.16. The molecule has 1 heterocycles. The van der Waals surface area contributed by atoms with Crippen LogP contribution in [-0.2, 0) is 21.7 Å². The fourth-order valence-electron chi connectivity index (χ4n) is 11.8. The Labute approximate surface area is 401 Å². The number of nitrogens with zero attached hydrogens (tertiary/aromatic N) is 1. The Hall–Kier alpha value is -7.42. The molecule has 0 saturated carbocycles. The second-order valence-electron chi connectivity index (χ2n) is 21.7. The van der Waals surface area contributed by atoms with Crippen molar-refractivity contribution in [3.63, 3.8) is 0 Å². The molecule has 68 heavy (non-hydrogen) atoms. The highest BCUT2D eigenvalue weighted by atomic mass is 16.3. The predicted octanol–water partition coefficient (Wildman–Crippen LogP) is 18.0. The molecule has 0 aliphatic heterocycles.